The lowest BCUT2D eigenvalue weighted by Gasteiger charge is -2.21. The summed E-state index contributed by atoms with van der Waals surface area (Å²) >= 11 is 0. The van der Waals surface area contributed by atoms with Crippen LogP contribution in [-0.4, -0.2) is 22.0 Å². The molecule has 0 aromatic rings. The number of oxime groups is 1. The maximum atomic E-state index is 10.4. The molecule has 1 fully saturated rings. The Bertz CT molecular complexity index is 207. The first kappa shape index (κ1) is 10.0. The molecular weight excluding hydrogens is 170 g/mol. The highest BCUT2D eigenvalue weighted by molar-refractivity contribution is 5.99. The molecule has 0 unspecified atom stereocenters. The van der Waals surface area contributed by atoms with Crippen LogP contribution in [0.4, 0.5) is 0 Å². The fourth-order valence-electron chi connectivity index (χ4n) is 1.85. The first-order chi connectivity index (χ1) is 6.24. The Balaban J connectivity index is 2.50. The molecule has 1 aliphatic carbocycles. The van der Waals surface area contributed by atoms with Crippen LogP contribution in [0.25, 0.3) is 0 Å². The second kappa shape index (κ2) is 4.84. The highest BCUT2D eigenvalue weighted by Gasteiger charge is 2.21. The van der Waals surface area contributed by atoms with E-state index in [0.717, 1.165) is 25.7 Å². The zero-order chi connectivity index (χ0) is 9.68. The summed E-state index contributed by atoms with van der Waals surface area (Å²) in [5.41, 5.74) is 0.437. The van der Waals surface area contributed by atoms with Crippen LogP contribution in [-0.2, 0) is 4.79 Å². The zero-order valence-corrected chi connectivity index (χ0v) is 7.57. The van der Waals surface area contributed by atoms with Gasteiger partial charge in [0.2, 0.25) is 0 Å². The summed E-state index contributed by atoms with van der Waals surface area (Å²) in [6.07, 6.45) is 5.25. The molecule has 0 radical (unpaired) electrons. The van der Waals surface area contributed by atoms with E-state index in [0.29, 0.717) is 5.71 Å². The maximum Gasteiger partial charge on any atom is 0.309 e. The molecular formula is C9H15NO3. The zero-order valence-electron chi connectivity index (χ0n) is 7.57. The maximum absolute atomic E-state index is 10.4. The predicted molar refractivity (Wildman–Crippen MR) is 48.0 cm³/mol. The average Bonchev–Trinajstić information content (AvgIpc) is 2.15. The molecule has 0 aromatic carbocycles. The van der Waals surface area contributed by atoms with Gasteiger partial charge in [0, 0.05) is 5.92 Å². The van der Waals surface area contributed by atoms with Gasteiger partial charge in [-0.25, -0.2) is 0 Å². The third-order valence-corrected chi connectivity index (χ3v) is 2.54. The van der Waals surface area contributed by atoms with Crippen molar-refractivity contribution in [3.8, 4) is 0 Å². The van der Waals surface area contributed by atoms with Crippen molar-refractivity contribution in [1.82, 2.24) is 0 Å². The number of hydrogen-bond acceptors (Lipinski definition) is 3. The summed E-state index contributed by atoms with van der Waals surface area (Å²) in [4.78, 5) is 10.4. The standard InChI is InChI=1S/C9H15NO3/c11-9(12)6-8(10-13)7-4-2-1-3-5-7/h7,13H,1-6H2,(H,11,12)/b10-8-. The van der Waals surface area contributed by atoms with E-state index in [9.17, 15) is 4.79 Å². The quantitative estimate of drug-likeness (QED) is 0.400. The van der Waals surface area contributed by atoms with Gasteiger partial charge >= 0.3 is 5.97 Å². The van der Waals surface area contributed by atoms with Crippen molar-refractivity contribution in [2.75, 3.05) is 0 Å². The van der Waals surface area contributed by atoms with Gasteiger partial charge < -0.3 is 10.3 Å². The van der Waals surface area contributed by atoms with Crippen LogP contribution in [0.1, 0.15) is 38.5 Å². The second-order valence-corrected chi connectivity index (χ2v) is 3.50. The van der Waals surface area contributed by atoms with Gasteiger partial charge in [-0.1, -0.05) is 24.4 Å². The topological polar surface area (TPSA) is 69.9 Å². The van der Waals surface area contributed by atoms with Crippen LogP contribution >= 0.6 is 0 Å². The van der Waals surface area contributed by atoms with Crippen molar-refractivity contribution in [3.63, 3.8) is 0 Å². The van der Waals surface area contributed by atoms with Gasteiger partial charge in [-0.2, -0.15) is 0 Å². The Kier molecular flexibility index (Phi) is 3.73. The first-order valence-electron chi connectivity index (χ1n) is 4.66. The van der Waals surface area contributed by atoms with Crippen LogP contribution in [0.5, 0.6) is 0 Å². The van der Waals surface area contributed by atoms with Crippen molar-refractivity contribution in [2.45, 2.75) is 38.5 Å². The molecule has 1 saturated carbocycles. The Labute approximate surface area is 77.3 Å². The van der Waals surface area contributed by atoms with E-state index in [1.807, 2.05) is 0 Å². The smallest absolute Gasteiger partial charge is 0.309 e. The minimum atomic E-state index is -0.918. The minimum Gasteiger partial charge on any atom is -0.481 e. The number of carboxylic acids is 1. The van der Waals surface area contributed by atoms with Crippen LogP contribution in [0.15, 0.2) is 5.16 Å². The fraction of sp³-hybridized carbons (Fsp3) is 0.778. The summed E-state index contributed by atoms with van der Waals surface area (Å²) in [6.45, 7) is 0. The number of hydrogen-bond donors (Lipinski definition) is 2. The van der Waals surface area contributed by atoms with Crippen molar-refractivity contribution in [1.29, 1.82) is 0 Å². The average molecular weight is 185 g/mol. The van der Waals surface area contributed by atoms with Gasteiger partial charge in [-0.05, 0) is 12.8 Å². The van der Waals surface area contributed by atoms with E-state index < -0.39 is 5.97 Å². The molecule has 2 N–H and O–H groups in total. The number of carbonyl (C=O) groups is 1. The van der Waals surface area contributed by atoms with Crippen LogP contribution in [0, 0.1) is 5.92 Å². The highest BCUT2D eigenvalue weighted by atomic mass is 16.4. The van der Waals surface area contributed by atoms with E-state index in [1.54, 1.807) is 0 Å². The first-order valence-corrected chi connectivity index (χ1v) is 4.66. The molecule has 1 aliphatic rings. The third-order valence-electron chi connectivity index (χ3n) is 2.54. The van der Waals surface area contributed by atoms with Crippen molar-refractivity contribution >= 4 is 11.7 Å². The van der Waals surface area contributed by atoms with E-state index in [1.165, 1.54) is 6.42 Å². The molecule has 4 nitrogen and oxygen atoms in total. The molecule has 1 rings (SSSR count). The van der Waals surface area contributed by atoms with Crippen LogP contribution < -0.4 is 0 Å². The van der Waals surface area contributed by atoms with E-state index in [2.05, 4.69) is 5.16 Å². The van der Waals surface area contributed by atoms with Gasteiger partial charge in [0.05, 0.1) is 12.1 Å². The Morgan fingerprint density at radius 3 is 2.38 bits per heavy atom. The Morgan fingerprint density at radius 2 is 1.92 bits per heavy atom. The van der Waals surface area contributed by atoms with Crippen molar-refractivity contribution in [2.24, 2.45) is 11.1 Å². The molecule has 0 aromatic heterocycles. The van der Waals surface area contributed by atoms with Crippen molar-refractivity contribution in [3.05, 3.63) is 0 Å². The molecule has 0 saturated heterocycles. The fourth-order valence-corrected chi connectivity index (χ4v) is 1.85. The second-order valence-electron chi connectivity index (χ2n) is 3.50. The largest absolute Gasteiger partial charge is 0.481 e. The van der Waals surface area contributed by atoms with Gasteiger partial charge in [-0.15, -0.1) is 0 Å². The normalized spacial score (nSPS) is 20.2. The number of rotatable bonds is 3. The lowest BCUT2D eigenvalue weighted by molar-refractivity contribution is -0.135. The van der Waals surface area contributed by atoms with Gasteiger partial charge in [0.25, 0.3) is 0 Å². The SMILES string of the molecule is O=C(O)C/C(=N/O)C1CCCCC1. The molecule has 0 aliphatic heterocycles. The van der Waals surface area contributed by atoms with Gasteiger partial charge in [0.15, 0.2) is 0 Å². The van der Waals surface area contributed by atoms with E-state index in [4.69, 9.17) is 10.3 Å². The molecule has 4 heteroatoms. The van der Waals surface area contributed by atoms with E-state index >= 15 is 0 Å². The molecule has 0 heterocycles. The summed E-state index contributed by atoms with van der Waals surface area (Å²) in [6, 6.07) is 0. The summed E-state index contributed by atoms with van der Waals surface area (Å²) in [7, 11) is 0. The molecule has 0 bridgehead atoms. The molecule has 0 spiro atoms. The van der Waals surface area contributed by atoms with Gasteiger partial charge in [-0.3, -0.25) is 4.79 Å². The van der Waals surface area contributed by atoms with Gasteiger partial charge in [0.1, 0.15) is 0 Å². The summed E-state index contributed by atoms with van der Waals surface area (Å²) in [5, 5.41) is 20.3. The minimum absolute atomic E-state index is 0.124. The monoisotopic (exact) mass is 185 g/mol. The number of nitrogens with zero attached hydrogens (tertiary/aromatic N) is 1. The highest BCUT2D eigenvalue weighted by Crippen LogP contribution is 2.25. The van der Waals surface area contributed by atoms with E-state index in [-0.39, 0.29) is 12.3 Å². The lowest BCUT2D eigenvalue weighted by atomic mass is 9.85. The molecule has 13 heavy (non-hydrogen) atoms. The van der Waals surface area contributed by atoms with Crippen molar-refractivity contribution < 1.29 is 15.1 Å². The lowest BCUT2D eigenvalue weighted by Crippen LogP contribution is -2.20. The summed E-state index contributed by atoms with van der Waals surface area (Å²) in [5.74, 6) is -0.728. The Morgan fingerprint density at radius 1 is 1.31 bits per heavy atom. The third kappa shape index (κ3) is 3.05. The van der Waals surface area contributed by atoms with Crippen LogP contribution in [0.3, 0.4) is 0 Å². The molecule has 0 amide bonds. The molecule has 74 valence electrons. The molecule has 0 atom stereocenters. The number of aliphatic carboxylic acids is 1. The predicted octanol–water partition coefficient (Wildman–Crippen LogP) is 1.87. The van der Waals surface area contributed by atoms with Crippen LogP contribution in [0.2, 0.25) is 0 Å². The number of carboxylic acid groups (broad SMARTS) is 1. The summed E-state index contributed by atoms with van der Waals surface area (Å²) < 4.78 is 0. The Hall–Kier alpha value is -1.06.